The molecule has 1 aromatic carbocycles. The van der Waals surface area contributed by atoms with E-state index in [9.17, 15) is 0 Å². The quantitative estimate of drug-likeness (QED) is 0.758. The number of nitrogens with zero attached hydrogens (tertiary/aromatic N) is 2. The van der Waals surface area contributed by atoms with E-state index in [1.165, 1.54) is 0 Å². The molecule has 0 aliphatic heterocycles. The van der Waals surface area contributed by atoms with Crippen LogP contribution in [-0.4, -0.2) is 16.5 Å². The van der Waals surface area contributed by atoms with Crippen LogP contribution in [-0.2, 0) is 0 Å². The zero-order valence-electron chi connectivity index (χ0n) is 11.3. The first kappa shape index (κ1) is 13.3. The number of fused-ring (bicyclic) bond motifs is 1. The van der Waals surface area contributed by atoms with Crippen LogP contribution in [0.4, 0.5) is 5.82 Å². The van der Waals surface area contributed by atoms with Crippen molar-refractivity contribution in [3.8, 4) is 10.7 Å². The second-order valence-corrected chi connectivity index (χ2v) is 5.76. The fourth-order valence-corrected chi connectivity index (χ4v) is 3.27. The van der Waals surface area contributed by atoms with Crippen molar-refractivity contribution in [3.63, 3.8) is 0 Å². The largest absolute Gasteiger partial charge is 0.370 e. The Morgan fingerprint density at radius 3 is 2.75 bits per heavy atom. The van der Waals surface area contributed by atoms with Crippen molar-refractivity contribution in [2.24, 2.45) is 0 Å². The Hall–Kier alpha value is -1.65. The van der Waals surface area contributed by atoms with Crippen LogP contribution in [0.15, 0.2) is 29.6 Å². The monoisotopic (exact) mass is 303 g/mol. The molecule has 0 unspecified atom stereocenters. The minimum atomic E-state index is 0.683. The standard InChI is InChI=1S/C15H14ClN3S/c1-3-17-14-10-6-4-5-7-11(10)18-15(19-14)13-12(16)9(2)8-20-13/h4-8H,3H2,1-2H3,(H,17,18,19). The van der Waals surface area contributed by atoms with Crippen LogP contribution in [0, 0.1) is 6.92 Å². The molecule has 0 aliphatic rings. The average Bonchev–Trinajstić information content (AvgIpc) is 2.79. The van der Waals surface area contributed by atoms with E-state index in [-0.39, 0.29) is 0 Å². The SMILES string of the molecule is CCNc1nc(-c2scc(C)c2Cl)nc2ccccc12. The third-order valence-electron chi connectivity index (χ3n) is 3.05. The van der Waals surface area contributed by atoms with Crippen LogP contribution in [0.25, 0.3) is 21.6 Å². The summed E-state index contributed by atoms with van der Waals surface area (Å²) in [6.45, 7) is 4.87. The van der Waals surface area contributed by atoms with Gasteiger partial charge in [-0.15, -0.1) is 11.3 Å². The molecule has 20 heavy (non-hydrogen) atoms. The molecule has 0 spiro atoms. The van der Waals surface area contributed by atoms with Crippen molar-refractivity contribution in [2.45, 2.75) is 13.8 Å². The topological polar surface area (TPSA) is 37.8 Å². The van der Waals surface area contributed by atoms with Gasteiger partial charge in [0, 0.05) is 11.9 Å². The first-order valence-electron chi connectivity index (χ1n) is 6.45. The molecule has 5 heteroatoms. The molecule has 0 atom stereocenters. The van der Waals surface area contributed by atoms with Crippen LogP contribution < -0.4 is 5.32 Å². The predicted octanol–water partition coefficient (Wildman–Crippen LogP) is 4.75. The Balaban J connectivity index is 2.24. The van der Waals surface area contributed by atoms with E-state index in [2.05, 4.69) is 22.2 Å². The number of benzene rings is 1. The molecule has 1 N–H and O–H groups in total. The lowest BCUT2D eigenvalue weighted by Gasteiger charge is -2.09. The molecule has 0 saturated heterocycles. The predicted molar refractivity (Wildman–Crippen MR) is 86.8 cm³/mol. The van der Waals surface area contributed by atoms with Gasteiger partial charge in [-0.05, 0) is 36.9 Å². The van der Waals surface area contributed by atoms with Gasteiger partial charge in [-0.3, -0.25) is 0 Å². The first-order valence-corrected chi connectivity index (χ1v) is 7.71. The number of anilines is 1. The molecule has 0 fully saturated rings. The molecule has 3 rings (SSSR count). The van der Waals surface area contributed by atoms with E-state index < -0.39 is 0 Å². The number of thiophene rings is 1. The summed E-state index contributed by atoms with van der Waals surface area (Å²) in [5.74, 6) is 1.54. The van der Waals surface area contributed by atoms with Gasteiger partial charge in [0.2, 0.25) is 0 Å². The van der Waals surface area contributed by atoms with Crippen molar-refractivity contribution < 1.29 is 0 Å². The normalized spacial score (nSPS) is 10.9. The molecule has 102 valence electrons. The van der Waals surface area contributed by atoms with Gasteiger partial charge >= 0.3 is 0 Å². The molecule has 0 aliphatic carbocycles. The molecular formula is C15H14ClN3S. The number of rotatable bonds is 3. The van der Waals surface area contributed by atoms with Gasteiger partial charge in [0.25, 0.3) is 0 Å². The number of halogens is 1. The van der Waals surface area contributed by atoms with E-state index >= 15 is 0 Å². The average molecular weight is 304 g/mol. The van der Waals surface area contributed by atoms with Gasteiger partial charge in [-0.25, -0.2) is 9.97 Å². The van der Waals surface area contributed by atoms with Crippen LogP contribution in [0.1, 0.15) is 12.5 Å². The van der Waals surface area contributed by atoms with E-state index in [0.29, 0.717) is 5.82 Å². The van der Waals surface area contributed by atoms with Crippen LogP contribution >= 0.6 is 22.9 Å². The third kappa shape index (κ3) is 2.25. The van der Waals surface area contributed by atoms with Crippen molar-refractivity contribution in [1.82, 2.24) is 9.97 Å². The number of nitrogens with one attached hydrogen (secondary N) is 1. The van der Waals surface area contributed by atoms with E-state index in [1.54, 1.807) is 11.3 Å². The summed E-state index contributed by atoms with van der Waals surface area (Å²) in [5, 5.41) is 7.10. The minimum Gasteiger partial charge on any atom is -0.370 e. The van der Waals surface area contributed by atoms with Gasteiger partial charge in [-0.2, -0.15) is 0 Å². The van der Waals surface area contributed by atoms with E-state index in [4.69, 9.17) is 11.6 Å². The van der Waals surface area contributed by atoms with E-state index in [1.807, 2.05) is 36.6 Å². The van der Waals surface area contributed by atoms with Gasteiger partial charge in [0.15, 0.2) is 5.82 Å². The summed E-state index contributed by atoms with van der Waals surface area (Å²) in [7, 11) is 0. The Morgan fingerprint density at radius 1 is 1.25 bits per heavy atom. The highest BCUT2D eigenvalue weighted by molar-refractivity contribution is 7.14. The first-order chi connectivity index (χ1) is 9.70. The van der Waals surface area contributed by atoms with Gasteiger partial charge in [0.05, 0.1) is 15.4 Å². The molecule has 3 aromatic rings. The lowest BCUT2D eigenvalue weighted by molar-refractivity contribution is 1.15. The minimum absolute atomic E-state index is 0.683. The second kappa shape index (κ2) is 5.38. The molecule has 0 amide bonds. The highest BCUT2D eigenvalue weighted by Crippen LogP contribution is 2.36. The maximum absolute atomic E-state index is 6.33. The van der Waals surface area contributed by atoms with Crippen LogP contribution in [0.2, 0.25) is 5.02 Å². The molecule has 0 saturated carbocycles. The molecule has 0 bridgehead atoms. The number of aromatic nitrogens is 2. The summed E-state index contributed by atoms with van der Waals surface area (Å²) >= 11 is 7.91. The van der Waals surface area contributed by atoms with Crippen molar-refractivity contribution in [1.29, 1.82) is 0 Å². The molecule has 3 nitrogen and oxygen atoms in total. The molecule has 0 radical (unpaired) electrons. The Morgan fingerprint density at radius 2 is 2.05 bits per heavy atom. The highest BCUT2D eigenvalue weighted by atomic mass is 35.5. The van der Waals surface area contributed by atoms with Crippen molar-refractivity contribution in [2.75, 3.05) is 11.9 Å². The lowest BCUT2D eigenvalue weighted by atomic mass is 10.2. The second-order valence-electron chi connectivity index (χ2n) is 4.51. The summed E-state index contributed by atoms with van der Waals surface area (Å²) in [6, 6.07) is 8.00. The highest BCUT2D eigenvalue weighted by Gasteiger charge is 2.14. The van der Waals surface area contributed by atoms with Crippen molar-refractivity contribution >= 4 is 39.7 Å². The summed E-state index contributed by atoms with van der Waals surface area (Å²) < 4.78 is 0. The Labute approximate surface area is 126 Å². The molecule has 2 heterocycles. The number of para-hydroxylation sites is 1. The zero-order valence-corrected chi connectivity index (χ0v) is 12.8. The third-order valence-corrected chi connectivity index (χ3v) is 4.74. The smallest absolute Gasteiger partial charge is 0.173 e. The van der Waals surface area contributed by atoms with Gasteiger partial charge < -0.3 is 5.32 Å². The summed E-state index contributed by atoms with van der Waals surface area (Å²) in [6.07, 6.45) is 0. The fourth-order valence-electron chi connectivity index (χ4n) is 2.06. The maximum atomic E-state index is 6.33. The molecule has 2 aromatic heterocycles. The van der Waals surface area contributed by atoms with Crippen LogP contribution in [0.5, 0.6) is 0 Å². The lowest BCUT2D eigenvalue weighted by Crippen LogP contribution is -2.02. The number of aryl methyl sites for hydroxylation is 1. The Kier molecular flexibility index (Phi) is 3.59. The summed E-state index contributed by atoms with van der Waals surface area (Å²) in [5.41, 5.74) is 1.99. The van der Waals surface area contributed by atoms with Gasteiger partial charge in [-0.1, -0.05) is 23.7 Å². The zero-order chi connectivity index (χ0) is 14.1. The van der Waals surface area contributed by atoms with Gasteiger partial charge in [0.1, 0.15) is 5.82 Å². The maximum Gasteiger partial charge on any atom is 0.173 e. The van der Waals surface area contributed by atoms with Crippen molar-refractivity contribution in [3.05, 3.63) is 40.2 Å². The molecular weight excluding hydrogens is 290 g/mol. The van der Waals surface area contributed by atoms with Crippen LogP contribution in [0.3, 0.4) is 0 Å². The number of hydrogen-bond donors (Lipinski definition) is 1. The Bertz CT molecular complexity index is 767. The van der Waals surface area contributed by atoms with E-state index in [0.717, 1.165) is 38.7 Å². The fraction of sp³-hybridized carbons (Fsp3) is 0.200. The summed E-state index contributed by atoms with van der Waals surface area (Å²) in [4.78, 5) is 10.2. The number of hydrogen-bond acceptors (Lipinski definition) is 4.